The molecule has 0 aromatic carbocycles. The minimum atomic E-state index is -0.664. The van der Waals surface area contributed by atoms with Crippen LogP contribution in [0.4, 0.5) is 0 Å². The number of carbonyl (C=O) groups is 2. The molecule has 0 radical (unpaired) electrons. The molecule has 0 saturated carbocycles. The van der Waals surface area contributed by atoms with Crippen molar-refractivity contribution in [3.8, 4) is 0 Å². The van der Waals surface area contributed by atoms with Crippen molar-refractivity contribution in [2.24, 2.45) is 0 Å². The Morgan fingerprint density at radius 3 is 0.845 bits per heavy atom. The van der Waals surface area contributed by atoms with Gasteiger partial charge in [-0.15, -0.1) is 0 Å². The zero-order chi connectivity index (χ0) is 60.6. The third-order valence-electron chi connectivity index (χ3n) is 18.6. The quantitative estimate of drug-likeness (QED) is 0.0320. The van der Waals surface area contributed by atoms with E-state index in [0.29, 0.717) is 25.9 Å². The largest absolute Gasteiger partial charge is 0.466 e. The first-order chi connectivity index (χ1) is 41.5. The van der Waals surface area contributed by atoms with Crippen molar-refractivity contribution in [2.75, 3.05) is 13.2 Å². The van der Waals surface area contributed by atoms with Crippen molar-refractivity contribution in [3.05, 3.63) is 12.2 Å². The molecule has 3 N–H and O–H groups in total. The van der Waals surface area contributed by atoms with Crippen molar-refractivity contribution in [2.45, 2.75) is 463 Å². The van der Waals surface area contributed by atoms with E-state index in [-0.39, 0.29) is 18.5 Å². The van der Waals surface area contributed by atoms with E-state index in [9.17, 15) is 19.8 Å². The number of amides is 1. The topological polar surface area (TPSA) is 95.9 Å². The highest BCUT2D eigenvalue weighted by atomic mass is 16.5. The van der Waals surface area contributed by atoms with E-state index in [1.165, 1.54) is 379 Å². The molecule has 2 unspecified atom stereocenters. The van der Waals surface area contributed by atoms with E-state index in [4.69, 9.17) is 4.74 Å². The third-order valence-corrected chi connectivity index (χ3v) is 18.6. The standard InChI is InChI=1S/C78H153NO5/c1-3-5-7-9-11-13-15-17-18-19-20-21-31-34-37-40-43-47-50-54-58-62-66-70-76(81)75(74-80)79-77(82)71-67-63-59-55-51-48-44-41-38-35-32-29-27-25-23-22-24-26-28-30-33-36-39-42-45-49-53-57-61-65-69-73-84-78(83)72-68-64-60-56-52-46-16-14-12-10-8-6-4-2/h24,26,75-76,80-81H,3-23,25,27-74H2,1-2H3,(H,79,82)/b26-24-. The molecule has 0 fully saturated rings. The fourth-order valence-corrected chi connectivity index (χ4v) is 12.6. The van der Waals surface area contributed by atoms with Gasteiger partial charge in [-0.05, 0) is 51.4 Å². The van der Waals surface area contributed by atoms with Crippen molar-refractivity contribution in [1.82, 2.24) is 5.32 Å². The minimum Gasteiger partial charge on any atom is -0.466 e. The minimum absolute atomic E-state index is 0.0204. The summed E-state index contributed by atoms with van der Waals surface area (Å²) in [7, 11) is 0. The molecule has 0 saturated heterocycles. The number of hydrogen-bond acceptors (Lipinski definition) is 5. The fourth-order valence-electron chi connectivity index (χ4n) is 12.6. The number of allylic oxidation sites excluding steroid dienone is 2. The maximum atomic E-state index is 12.6. The van der Waals surface area contributed by atoms with Crippen LogP contribution in [0.25, 0.3) is 0 Å². The van der Waals surface area contributed by atoms with Gasteiger partial charge >= 0.3 is 5.97 Å². The molecule has 2 atom stereocenters. The molecule has 1 amide bonds. The fraction of sp³-hybridized carbons (Fsp3) is 0.949. The first-order valence-corrected chi connectivity index (χ1v) is 38.9. The van der Waals surface area contributed by atoms with Gasteiger partial charge < -0.3 is 20.3 Å². The van der Waals surface area contributed by atoms with Crippen LogP contribution in [0.3, 0.4) is 0 Å². The van der Waals surface area contributed by atoms with Crippen LogP contribution in [-0.4, -0.2) is 47.4 Å². The molecule has 0 heterocycles. The summed E-state index contributed by atoms with van der Waals surface area (Å²) in [5.41, 5.74) is 0. The van der Waals surface area contributed by atoms with Crippen molar-refractivity contribution in [1.29, 1.82) is 0 Å². The molecule has 500 valence electrons. The summed E-state index contributed by atoms with van der Waals surface area (Å²) >= 11 is 0. The van der Waals surface area contributed by atoms with Crippen LogP contribution in [-0.2, 0) is 14.3 Å². The molecule has 6 heteroatoms. The zero-order valence-corrected chi connectivity index (χ0v) is 57.4. The van der Waals surface area contributed by atoms with Gasteiger partial charge in [0.05, 0.1) is 25.4 Å². The van der Waals surface area contributed by atoms with Gasteiger partial charge in [-0.25, -0.2) is 0 Å². The highest BCUT2D eigenvalue weighted by molar-refractivity contribution is 5.76. The third kappa shape index (κ3) is 69.7. The van der Waals surface area contributed by atoms with Gasteiger partial charge in [0.15, 0.2) is 0 Å². The molecule has 0 aromatic rings. The maximum absolute atomic E-state index is 12.6. The van der Waals surface area contributed by atoms with Gasteiger partial charge in [0.1, 0.15) is 0 Å². The summed E-state index contributed by atoms with van der Waals surface area (Å²) < 4.78 is 5.49. The average Bonchev–Trinajstić information content (AvgIpc) is 3.51. The van der Waals surface area contributed by atoms with Gasteiger partial charge in [-0.3, -0.25) is 9.59 Å². The van der Waals surface area contributed by atoms with Crippen LogP contribution in [0, 0.1) is 0 Å². The highest BCUT2D eigenvalue weighted by Gasteiger charge is 2.20. The van der Waals surface area contributed by atoms with Gasteiger partial charge in [0.2, 0.25) is 5.91 Å². The molecule has 0 spiro atoms. The summed E-state index contributed by atoms with van der Waals surface area (Å²) in [5.74, 6) is -0.00652. The smallest absolute Gasteiger partial charge is 0.305 e. The van der Waals surface area contributed by atoms with Crippen LogP contribution < -0.4 is 5.32 Å². The van der Waals surface area contributed by atoms with E-state index in [1.807, 2.05) is 0 Å². The number of unbranched alkanes of at least 4 members (excludes halogenated alkanes) is 61. The first kappa shape index (κ1) is 82.6. The molecular formula is C78H153NO5. The Morgan fingerprint density at radius 1 is 0.321 bits per heavy atom. The number of esters is 1. The first-order valence-electron chi connectivity index (χ1n) is 38.9. The number of ether oxygens (including phenoxy) is 1. The van der Waals surface area contributed by atoms with E-state index < -0.39 is 12.1 Å². The summed E-state index contributed by atoms with van der Waals surface area (Å²) in [6, 6.07) is -0.541. The highest BCUT2D eigenvalue weighted by Crippen LogP contribution is 2.20. The molecule has 0 bridgehead atoms. The van der Waals surface area contributed by atoms with E-state index in [1.54, 1.807) is 0 Å². The Bertz CT molecular complexity index is 1270. The number of nitrogens with one attached hydrogen (secondary N) is 1. The van der Waals surface area contributed by atoms with E-state index >= 15 is 0 Å². The maximum Gasteiger partial charge on any atom is 0.305 e. The second-order valence-corrected chi connectivity index (χ2v) is 27.0. The Labute approximate surface area is 527 Å². The summed E-state index contributed by atoms with van der Waals surface area (Å²) in [6.45, 7) is 5.01. The van der Waals surface area contributed by atoms with Crippen molar-refractivity contribution < 1.29 is 24.5 Å². The van der Waals surface area contributed by atoms with E-state index in [0.717, 1.165) is 38.5 Å². The lowest BCUT2D eigenvalue weighted by Crippen LogP contribution is -2.45. The number of rotatable bonds is 74. The van der Waals surface area contributed by atoms with Crippen LogP contribution in [0.1, 0.15) is 450 Å². The van der Waals surface area contributed by atoms with Crippen LogP contribution >= 0.6 is 0 Å². The second kappa shape index (κ2) is 74.1. The Kier molecular flexibility index (Phi) is 72.8. The molecule has 0 rings (SSSR count). The second-order valence-electron chi connectivity index (χ2n) is 27.0. The SMILES string of the molecule is CCCCCCCCCCCCCCCCCCCCCCCCCC(O)C(CO)NC(=O)CCCCCCCCCCCCCCCCC/C=C\CCCCCCCCCCCCCCOC(=O)CCCCCCCCCCCCCCC. The Hall–Kier alpha value is -1.40. The van der Waals surface area contributed by atoms with Gasteiger partial charge in [-0.1, -0.05) is 398 Å². The van der Waals surface area contributed by atoms with Gasteiger partial charge in [0.25, 0.3) is 0 Å². The zero-order valence-electron chi connectivity index (χ0n) is 57.4. The summed E-state index contributed by atoms with van der Waals surface area (Å²) in [4.78, 5) is 24.6. The lowest BCUT2D eigenvalue weighted by Gasteiger charge is -2.22. The number of carbonyl (C=O) groups excluding carboxylic acids is 2. The molecular weight excluding hydrogens is 1030 g/mol. The lowest BCUT2D eigenvalue weighted by atomic mass is 10.0. The number of aliphatic hydroxyl groups excluding tert-OH is 2. The van der Waals surface area contributed by atoms with Crippen LogP contribution in [0.5, 0.6) is 0 Å². The molecule has 0 aromatic heterocycles. The predicted octanol–water partition coefficient (Wildman–Crippen LogP) is 25.5. The van der Waals surface area contributed by atoms with Crippen LogP contribution in [0.15, 0.2) is 12.2 Å². The molecule has 6 nitrogen and oxygen atoms in total. The summed E-state index contributed by atoms with van der Waals surface area (Å²) in [5, 5.41) is 23.5. The monoisotopic (exact) mass is 1180 g/mol. The Balaban J connectivity index is 3.36. The number of hydrogen-bond donors (Lipinski definition) is 3. The molecule has 0 aliphatic heterocycles. The summed E-state index contributed by atoms with van der Waals surface area (Å²) in [6.07, 6.45) is 93.0. The van der Waals surface area contributed by atoms with Crippen LogP contribution in [0.2, 0.25) is 0 Å². The Morgan fingerprint density at radius 2 is 0.560 bits per heavy atom. The predicted molar refractivity (Wildman–Crippen MR) is 370 cm³/mol. The van der Waals surface area contributed by atoms with Crippen molar-refractivity contribution in [3.63, 3.8) is 0 Å². The molecule has 0 aliphatic carbocycles. The molecule has 84 heavy (non-hydrogen) atoms. The molecule has 0 aliphatic rings. The average molecular weight is 1190 g/mol. The van der Waals surface area contributed by atoms with Crippen molar-refractivity contribution >= 4 is 11.9 Å². The number of aliphatic hydroxyl groups is 2. The van der Waals surface area contributed by atoms with E-state index in [2.05, 4.69) is 31.3 Å². The van der Waals surface area contributed by atoms with Gasteiger partial charge in [-0.2, -0.15) is 0 Å². The van der Waals surface area contributed by atoms with Gasteiger partial charge in [0, 0.05) is 12.8 Å². The normalized spacial score (nSPS) is 12.5. The lowest BCUT2D eigenvalue weighted by molar-refractivity contribution is -0.143.